The zero-order chi connectivity index (χ0) is 19.5. The maximum atomic E-state index is 11.9. The first-order valence-corrected chi connectivity index (χ1v) is 10.0. The molecule has 0 heterocycles. The molecule has 0 aromatic heterocycles. The normalized spacial score (nSPS) is 12.8. The van der Waals surface area contributed by atoms with Crippen LogP contribution < -0.4 is 5.32 Å². The minimum atomic E-state index is -3.73. The highest BCUT2D eigenvalue weighted by atomic mass is 35.5. The molecule has 0 fully saturated rings. The van der Waals surface area contributed by atoms with Crippen LogP contribution in [-0.2, 0) is 9.84 Å². The first kappa shape index (κ1) is 20.2. The number of benzene rings is 2. The van der Waals surface area contributed by atoms with Crippen LogP contribution in [0.15, 0.2) is 47.4 Å². The highest BCUT2D eigenvalue weighted by Crippen LogP contribution is 2.33. The van der Waals surface area contributed by atoms with Crippen molar-refractivity contribution in [2.75, 3.05) is 32.2 Å². The van der Waals surface area contributed by atoms with Gasteiger partial charge >= 0.3 is 5.69 Å². The Balaban J connectivity index is 2.39. The molecule has 1 unspecified atom stereocenters. The number of likely N-dealkylation sites (N-methyl/N-ethyl adjacent to an activating group) is 1. The fourth-order valence-corrected chi connectivity index (χ4v) is 3.80. The SMILES string of the molecule is CN(C)C(CNc1cccc(S(C)(=O)=O)c1[N+](=O)[O-])c1ccccc1Cl. The molecule has 0 amide bonds. The van der Waals surface area contributed by atoms with Crippen molar-refractivity contribution in [2.45, 2.75) is 10.9 Å². The first-order valence-electron chi connectivity index (χ1n) is 7.75. The largest absolute Gasteiger partial charge is 0.378 e. The maximum absolute atomic E-state index is 11.9. The smallest absolute Gasteiger partial charge is 0.310 e. The average molecular weight is 398 g/mol. The predicted molar refractivity (Wildman–Crippen MR) is 103 cm³/mol. The van der Waals surface area contributed by atoms with E-state index in [0.29, 0.717) is 11.6 Å². The summed E-state index contributed by atoms with van der Waals surface area (Å²) in [6.45, 7) is 0.310. The molecule has 0 aliphatic rings. The summed E-state index contributed by atoms with van der Waals surface area (Å²) in [4.78, 5) is 12.4. The maximum Gasteiger partial charge on any atom is 0.310 e. The fraction of sp³-hybridized carbons (Fsp3) is 0.294. The zero-order valence-corrected chi connectivity index (χ0v) is 16.2. The number of para-hydroxylation sites is 1. The third kappa shape index (κ3) is 4.51. The molecule has 26 heavy (non-hydrogen) atoms. The van der Waals surface area contributed by atoms with Gasteiger partial charge in [0.25, 0.3) is 0 Å². The van der Waals surface area contributed by atoms with E-state index in [1.54, 1.807) is 6.07 Å². The Labute approximate surface area is 157 Å². The Bertz CT molecular complexity index is 916. The van der Waals surface area contributed by atoms with E-state index in [4.69, 9.17) is 11.6 Å². The van der Waals surface area contributed by atoms with Gasteiger partial charge in [0.1, 0.15) is 10.6 Å². The Hall–Kier alpha value is -2.16. The number of rotatable bonds is 7. The van der Waals surface area contributed by atoms with Gasteiger partial charge in [-0.15, -0.1) is 0 Å². The van der Waals surface area contributed by atoms with Gasteiger partial charge in [-0.25, -0.2) is 8.42 Å². The Kier molecular flexibility index (Phi) is 6.22. The Morgan fingerprint density at radius 1 is 1.19 bits per heavy atom. The van der Waals surface area contributed by atoms with E-state index in [9.17, 15) is 18.5 Å². The quantitative estimate of drug-likeness (QED) is 0.568. The molecule has 0 radical (unpaired) electrons. The van der Waals surface area contributed by atoms with Gasteiger partial charge < -0.3 is 10.2 Å². The van der Waals surface area contributed by atoms with E-state index in [-0.39, 0.29) is 16.6 Å². The van der Waals surface area contributed by atoms with E-state index >= 15 is 0 Å². The Morgan fingerprint density at radius 2 is 1.85 bits per heavy atom. The summed E-state index contributed by atoms with van der Waals surface area (Å²) in [5.74, 6) is 0. The summed E-state index contributed by atoms with van der Waals surface area (Å²) in [7, 11) is 0.0161. The average Bonchev–Trinajstić information content (AvgIpc) is 2.55. The molecule has 0 spiro atoms. The second-order valence-electron chi connectivity index (χ2n) is 6.06. The van der Waals surface area contributed by atoms with E-state index < -0.39 is 20.4 Å². The van der Waals surface area contributed by atoms with Crippen LogP contribution in [0.5, 0.6) is 0 Å². The number of nitro benzene ring substituents is 1. The van der Waals surface area contributed by atoms with Crippen LogP contribution >= 0.6 is 11.6 Å². The number of halogens is 1. The molecule has 9 heteroatoms. The van der Waals surface area contributed by atoms with E-state index in [0.717, 1.165) is 11.8 Å². The predicted octanol–water partition coefficient (Wildman–Crippen LogP) is 3.37. The number of nitrogens with zero attached hydrogens (tertiary/aromatic N) is 2. The van der Waals surface area contributed by atoms with Gasteiger partial charge in [0.05, 0.1) is 11.0 Å². The minimum Gasteiger partial charge on any atom is -0.378 e. The van der Waals surface area contributed by atoms with Gasteiger partial charge in [-0.3, -0.25) is 10.1 Å². The number of anilines is 1. The standard InChI is InChI=1S/C17H20ClN3O4S/c1-20(2)15(12-7-4-5-8-13(12)18)11-19-14-9-6-10-16(26(3,24)25)17(14)21(22)23/h4-10,15,19H,11H2,1-3H3. The molecule has 0 saturated heterocycles. The number of hydrogen-bond donors (Lipinski definition) is 1. The van der Waals surface area contributed by atoms with Crippen molar-refractivity contribution in [3.05, 3.63) is 63.2 Å². The van der Waals surface area contributed by atoms with E-state index in [1.807, 2.05) is 37.2 Å². The summed E-state index contributed by atoms with van der Waals surface area (Å²) in [5, 5.41) is 15.1. The lowest BCUT2D eigenvalue weighted by Gasteiger charge is -2.26. The van der Waals surface area contributed by atoms with Gasteiger partial charge in [0.2, 0.25) is 0 Å². The lowest BCUT2D eigenvalue weighted by atomic mass is 10.1. The second-order valence-corrected chi connectivity index (χ2v) is 8.45. The third-order valence-electron chi connectivity index (χ3n) is 3.95. The second kappa shape index (κ2) is 8.03. The summed E-state index contributed by atoms with van der Waals surface area (Å²) < 4.78 is 23.7. The molecule has 1 atom stereocenters. The molecule has 0 saturated carbocycles. The molecular formula is C17H20ClN3O4S. The van der Waals surface area contributed by atoms with Gasteiger partial charge in [-0.2, -0.15) is 0 Å². The van der Waals surface area contributed by atoms with Gasteiger partial charge in [-0.1, -0.05) is 35.9 Å². The van der Waals surface area contributed by atoms with Crippen LogP contribution in [0, 0.1) is 10.1 Å². The number of hydrogen-bond acceptors (Lipinski definition) is 6. The summed E-state index contributed by atoms with van der Waals surface area (Å²) in [6.07, 6.45) is 0.950. The van der Waals surface area contributed by atoms with Crippen LogP contribution in [0.3, 0.4) is 0 Å². The molecule has 2 aromatic rings. The molecular weight excluding hydrogens is 378 g/mol. The van der Waals surface area contributed by atoms with Gasteiger partial charge in [-0.05, 0) is 37.9 Å². The van der Waals surface area contributed by atoms with Crippen LogP contribution in [-0.4, -0.2) is 45.1 Å². The van der Waals surface area contributed by atoms with Crippen molar-refractivity contribution in [2.24, 2.45) is 0 Å². The fourth-order valence-electron chi connectivity index (χ4n) is 2.68. The third-order valence-corrected chi connectivity index (χ3v) is 5.43. The summed E-state index contributed by atoms with van der Waals surface area (Å²) in [5.41, 5.74) is 0.567. The van der Waals surface area contributed by atoms with Crippen molar-refractivity contribution in [3.8, 4) is 0 Å². The molecule has 2 aromatic carbocycles. The lowest BCUT2D eigenvalue weighted by molar-refractivity contribution is -0.386. The van der Waals surface area contributed by atoms with Crippen molar-refractivity contribution >= 4 is 32.8 Å². The highest BCUT2D eigenvalue weighted by molar-refractivity contribution is 7.90. The topological polar surface area (TPSA) is 92.6 Å². The lowest BCUT2D eigenvalue weighted by Crippen LogP contribution is -2.27. The summed E-state index contributed by atoms with van der Waals surface area (Å²) >= 11 is 6.27. The monoisotopic (exact) mass is 397 g/mol. The van der Waals surface area contributed by atoms with Crippen molar-refractivity contribution < 1.29 is 13.3 Å². The molecule has 7 nitrogen and oxygen atoms in total. The number of nitro groups is 1. The number of sulfone groups is 1. The number of nitrogens with one attached hydrogen (secondary N) is 1. The Morgan fingerprint density at radius 3 is 2.38 bits per heavy atom. The molecule has 2 rings (SSSR count). The van der Waals surface area contributed by atoms with Crippen LogP contribution in [0.25, 0.3) is 0 Å². The van der Waals surface area contributed by atoms with Gasteiger partial charge in [0, 0.05) is 17.8 Å². The van der Waals surface area contributed by atoms with Crippen molar-refractivity contribution in [3.63, 3.8) is 0 Å². The first-order chi connectivity index (χ1) is 12.1. The minimum absolute atomic E-state index is 0.150. The molecule has 1 N–H and O–H groups in total. The van der Waals surface area contributed by atoms with Crippen molar-refractivity contribution in [1.29, 1.82) is 0 Å². The molecule has 0 aliphatic carbocycles. The van der Waals surface area contributed by atoms with Gasteiger partial charge in [0.15, 0.2) is 9.84 Å². The molecule has 0 aliphatic heterocycles. The van der Waals surface area contributed by atoms with Crippen LogP contribution in [0.1, 0.15) is 11.6 Å². The van der Waals surface area contributed by atoms with Crippen LogP contribution in [0.2, 0.25) is 5.02 Å². The molecule has 140 valence electrons. The van der Waals surface area contributed by atoms with Crippen LogP contribution in [0.4, 0.5) is 11.4 Å². The van der Waals surface area contributed by atoms with Crippen molar-refractivity contribution in [1.82, 2.24) is 4.90 Å². The van der Waals surface area contributed by atoms with E-state index in [1.165, 1.54) is 18.2 Å². The summed E-state index contributed by atoms with van der Waals surface area (Å²) in [6, 6.07) is 11.4. The zero-order valence-electron chi connectivity index (χ0n) is 14.6. The highest BCUT2D eigenvalue weighted by Gasteiger charge is 2.27. The molecule has 0 bridgehead atoms. The van der Waals surface area contributed by atoms with E-state index in [2.05, 4.69) is 5.32 Å².